The fourth-order valence-electron chi connectivity index (χ4n) is 3.32. The molecule has 0 bridgehead atoms. The van der Waals surface area contributed by atoms with Gasteiger partial charge in [-0.2, -0.15) is 0 Å². The Morgan fingerprint density at radius 3 is 2.89 bits per heavy atom. The van der Waals surface area contributed by atoms with Crippen LogP contribution in [0.1, 0.15) is 23.2 Å². The molecule has 1 aromatic carbocycles. The fraction of sp³-hybridized carbons (Fsp3) is 0.500. The highest BCUT2D eigenvalue weighted by Gasteiger charge is 2.42. The summed E-state index contributed by atoms with van der Waals surface area (Å²) in [4.78, 5) is 14.2. The zero-order valence-corrected chi connectivity index (χ0v) is 11.3. The topological polar surface area (TPSA) is 66.6 Å². The molecule has 0 spiro atoms. The molecule has 19 heavy (non-hydrogen) atoms. The van der Waals surface area contributed by atoms with Crippen molar-refractivity contribution in [2.75, 3.05) is 13.1 Å². The first-order valence-electron chi connectivity index (χ1n) is 6.59. The second kappa shape index (κ2) is 4.69. The number of phenols is 1. The summed E-state index contributed by atoms with van der Waals surface area (Å²) in [7, 11) is 0. The maximum absolute atomic E-state index is 12.4. The summed E-state index contributed by atoms with van der Waals surface area (Å²) < 4.78 is 0. The van der Waals surface area contributed by atoms with Crippen molar-refractivity contribution < 1.29 is 9.90 Å². The lowest BCUT2D eigenvalue weighted by Crippen LogP contribution is -2.33. The van der Waals surface area contributed by atoms with Gasteiger partial charge in [-0.05, 0) is 42.9 Å². The first kappa shape index (κ1) is 12.8. The van der Waals surface area contributed by atoms with Crippen molar-refractivity contribution in [3.63, 3.8) is 0 Å². The van der Waals surface area contributed by atoms with Crippen LogP contribution in [0.15, 0.2) is 18.2 Å². The highest BCUT2D eigenvalue weighted by Crippen LogP contribution is 2.38. The summed E-state index contributed by atoms with van der Waals surface area (Å²) in [6, 6.07) is 4.75. The maximum Gasteiger partial charge on any atom is 0.257 e. The number of hydrogen-bond acceptors (Lipinski definition) is 3. The van der Waals surface area contributed by atoms with Crippen LogP contribution in [0.25, 0.3) is 0 Å². The molecule has 5 heteroatoms. The number of amides is 1. The Balaban J connectivity index is 1.80. The molecule has 1 aliphatic carbocycles. The lowest BCUT2D eigenvalue weighted by molar-refractivity contribution is 0.0776. The monoisotopic (exact) mass is 280 g/mol. The summed E-state index contributed by atoms with van der Waals surface area (Å²) in [5.41, 5.74) is 6.35. The molecule has 1 saturated heterocycles. The Labute approximate surface area is 117 Å². The minimum Gasteiger partial charge on any atom is -0.507 e. The predicted octanol–water partition coefficient (Wildman–Crippen LogP) is 1.85. The zero-order valence-electron chi connectivity index (χ0n) is 10.6. The number of carbonyl (C=O) groups excluding carboxylic acids is 1. The van der Waals surface area contributed by atoms with Crippen molar-refractivity contribution in [3.05, 3.63) is 28.8 Å². The second-order valence-corrected chi connectivity index (χ2v) is 5.97. The predicted molar refractivity (Wildman–Crippen MR) is 73.2 cm³/mol. The SMILES string of the molecule is NC1CCC2CN(C(=O)c3cc(Cl)ccc3O)CC12. The van der Waals surface area contributed by atoms with Gasteiger partial charge in [0.05, 0.1) is 5.56 Å². The van der Waals surface area contributed by atoms with Crippen molar-refractivity contribution in [3.8, 4) is 5.75 Å². The van der Waals surface area contributed by atoms with Crippen LogP contribution in [-0.2, 0) is 0 Å². The molecule has 3 unspecified atom stereocenters. The second-order valence-electron chi connectivity index (χ2n) is 5.54. The van der Waals surface area contributed by atoms with E-state index >= 15 is 0 Å². The van der Waals surface area contributed by atoms with E-state index in [-0.39, 0.29) is 23.3 Å². The standard InChI is InChI=1S/C14H17ClN2O2/c15-9-2-4-13(18)10(5-9)14(19)17-6-8-1-3-12(16)11(8)7-17/h2,4-5,8,11-12,18H,1,3,6-7,16H2. The van der Waals surface area contributed by atoms with E-state index < -0.39 is 0 Å². The minimum atomic E-state index is -0.151. The Morgan fingerprint density at radius 1 is 1.37 bits per heavy atom. The number of likely N-dealkylation sites (tertiary alicyclic amines) is 1. The van der Waals surface area contributed by atoms with Gasteiger partial charge in [0.2, 0.25) is 0 Å². The molecule has 1 aliphatic heterocycles. The van der Waals surface area contributed by atoms with Crippen LogP contribution < -0.4 is 5.73 Å². The number of nitrogens with zero attached hydrogens (tertiary/aromatic N) is 1. The Kier molecular flexibility index (Phi) is 3.15. The molecule has 3 atom stereocenters. The number of hydrogen-bond donors (Lipinski definition) is 2. The molecule has 0 radical (unpaired) electrons. The molecule has 0 aromatic heterocycles. The van der Waals surface area contributed by atoms with E-state index in [1.807, 2.05) is 0 Å². The van der Waals surface area contributed by atoms with Crippen LogP contribution in [-0.4, -0.2) is 35.0 Å². The Morgan fingerprint density at radius 2 is 2.16 bits per heavy atom. The molecule has 4 nitrogen and oxygen atoms in total. The van der Waals surface area contributed by atoms with Crippen LogP contribution in [0.3, 0.4) is 0 Å². The lowest BCUT2D eigenvalue weighted by atomic mass is 9.98. The van der Waals surface area contributed by atoms with Crippen LogP contribution in [0, 0.1) is 11.8 Å². The fourth-order valence-corrected chi connectivity index (χ4v) is 3.50. The molecule has 2 aliphatic rings. The van der Waals surface area contributed by atoms with Crippen molar-refractivity contribution in [1.29, 1.82) is 0 Å². The van der Waals surface area contributed by atoms with Crippen LogP contribution in [0.2, 0.25) is 5.02 Å². The molecule has 2 fully saturated rings. The van der Waals surface area contributed by atoms with Gasteiger partial charge in [0, 0.05) is 24.2 Å². The smallest absolute Gasteiger partial charge is 0.257 e. The number of rotatable bonds is 1. The van der Waals surface area contributed by atoms with Crippen molar-refractivity contribution in [1.82, 2.24) is 4.90 Å². The van der Waals surface area contributed by atoms with Gasteiger partial charge in [0.25, 0.3) is 5.91 Å². The normalized spacial score (nSPS) is 29.6. The molecule has 1 amide bonds. The van der Waals surface area contributed by atoms with Gasteiger partial charge in [0.15, 0.2) is 0 Å². The van der Waals surface area contributed by atoms with Crippen molar-refractivity contribution in [2.45, 2.75) is 18.9 Å². The molecule has 1 heterocycles. The summed E-state index contributed by atoms with van der Waals surface area (Å²) in [6.07, 6.45) is 2.15. The van der Waals surface area contributed by atoms with Gasteiger partial charge in [-0.15, -0.1) is 0 Å². The molecular weight excluding hydrogens is 264 g/mol. The molecule has 102 valence electrons. The van der Waals surface area contributed by atoms with Gasteiger partial charge in [-0.25, -0.2) is 0 Å². The van der Waals surface area contributed by atoms with Crippen LogP contribution >= 0.6 is 11.6 Å². The van der Waals surface area contributed by atoms with Gasteiger partial charge in [0.1, 0.15) is 5.75 Å². The van der Waals surface area contributed by atoms with E-state index in [2.05, 4.69) is 0 Å². The molecular formula is C14H17ClN2O2. The van der Waals surface area contributed by atoms with Gasteiger partial charge < -0.3 is 15.7 Å². The van der Waals surface area contributed by atoms with E-state index in [9.17, 15) is 9.90 Å². The number of phenolic OH excluding ortho intramolecular Hbond substituents is 1. The quantitative estimate of drug-likeness (QED) is 0.825. The van der Waals surface area contributed by atoms with E-state index in [1.54, 1.807) is 11.0 Å². The molecule has 1 aromatic rings. The third-order valence-corrected chi connectivity index (χ3v) is 4.62. The first-order valence-corrected chi connectivity index (χ1v) is 6.97. The Hall–Kier alpha value is -1.26. The number of benzene rings is 1. The average Bonchev–Trinajstić information content (AvgIpc) is 2.94. The first-order chi connectivity index (χ1) is 9.06. The van der Waals surface area contributed by atoms with Crippen LogP contribution in [0.4, 0.5) is 0 Å². The molecule has 3 N–H and O–H groups in total. The van der Waals surface area contributed by atoms with E-state index in [1.165, 1.54) is 12.1 Å². The maximum atomic E-state index is 12.4. The Bertz CT molecular complexity index is 520. The summed E-state index contributed by atoms with van der Waals surface area (Å²) in [5.74, 6) is 0.753. The molecule has 3 rings (SSSR count). The van der Waals surface area contributed by atoms with Gasteiger partial charge in [-0.3, -0.25) is 4.79 Å². The number of halogens is 1. The van der Waals surface area contributed by atoms with Gasteiger partial charge in [-0.1, -0.05) is 11.6 Å². The van der Waals surface area contributed by atoms with Gasteiger partial charge >= 0.3 is 0 Å². The average molecular weight is 281 g/mol. The largest absolute Gasteiger partial charge is 0.507 e. The summed E-state index contributed by atoms with van der Waals surface area (Å²) in [6.45, 7) is 1.43. The highest BCUT2D eigenvalue weighted by molar-refractivity contribution is 6.31. The third-order valence-electron chi connectivity index (χ3n) is 4.39. The number of carbonyl (C=O) groups is 1. The van der Waals surface area contributed by atoms with Crippen molar-refractivity contribution in [2.24, 2.45) is 17.6 Å². The third kappa shape index (κ3) is 2.19. The molecule has 1 saturated carbocycles. The number of aromatic hydroxyl groups is 1. The van der Waals surface area contributed by atoms with E-state index in [0.29, 0.717) is 23.4 Å². The number of fused-ring (bicyclic) bond motifs is 1. The zero-order chi connectivity index (χ0) is 13.6. The van der Waals surface area contributed by atoms with Crippen LogP contribution in [0.5, 0.6) is 5.75 Å². The highest BCUT2D eigenvalue weighted by atomic mass is 35.5. The van der Waals surface area contributed by atoms with E-state index in [4.69, 9.17) is 17.3 Å². The minimum absolute atomic E-state index is 0.0178. The number of nitrogens with two attached hydrogens (primary N) is 1. The lowest BCUT2D eigenvalue weighted by Gasteiger charge is -2.19. The van der Waals surface area contributed by atoms with Crippen molar-refractivity contribution >= 4 is 17.5 Å². The van der Waals surface area contributed by atoms with E-state index in [0.717, 1.165) is 19.4 Å². The summed E-state index contributed by atoms with van der Waals surface area (Å²) in [5, 5.41) is 10.2. The summed E-state index contributed by atoms with van der Waals surface area (Å²) >= 11 is 5.88.